The van der Waals surface area contributed by atoms with Crippen molar-refractivity contribution in [3.8, 4) is 0 Å². The third kappa shape index (κ3) is 84.0. The second-order valence-electron chi connectivity index (χ2n) is 33.2. The first-order valence-corrected chi connectivity index (χ1v) is 50.1. The molecule has 0 heterocycles. The van der Waals surface area contributed by atoms with E-state index in [1.165, 1.54) is 321 Å². The van der Waals surface area contributed by atoms with Gasteiger partial charge >= 0.3 is 39.5 Å². The van der Waals surface area contributed by atoms with Crippen molar-refractivity contribution < 1.29 is 80.2 Å². The van der Waals surface area contributed by atoms with Crippen molar-refractivity contribution in [1.82, 2.24) is 0 Å². The molecule has 110 heavy (non-hydrogen) atoms. The predicted octanol–water partition coefficient (Wildman–Crippen LogP) is 28.3. The lowest BCUT2D eigenvalue weighted by Gasteiger charge is -2.21. The smallest absolute Gasteiger partial charge is 0.462 e. The van der Waals surface area contributed by atoms with Crippen molar-refractivity contribution in [2.45, 2.75) is 515 Å². The van der Waals surface area contributed by atoms with Gasteiger partial charge in [0.1, 0.15) is 19.3 Å². The fourth-order valence-corrected chi connectivity index (χ4v) is 15.9. The molecular weight excluding hydrogens is 1430 g/mol. The second kappa shape index (κ2) is 83.5. The number of aliphatic hydroxyl groups is 1. The molecule has 0 aromatic heterocycles. The number of phosphoric ester groups is 2. The number of carbonyl (C=O) groups excluding carboxylic acids is 4. The van der Waals surface area contributed by atoms with Gasteiger partial charge in [0.25, 0.3) is 0 Å². The molecule has 17 nitrogen and oxygen atoms in total. The van der Waals surface area contributed by atoms with Crippen LogP contribution in [0.15, 0.2) is 0 Å². The van der Waals surface area contributed by atoms with Gasteiger partial charge in [-0.3, -0.25) is 37.3 Å². The normalized spacial score (nSPS) is 13.7. The van der Waals surface area contributed by atoms with Crippen LogP contribution in [0.2, 0.25) is 0 Å². The average Bonchev–Trinajstić information content (AvgIpc) is 0.897. The van der Waals surface area contributed by atoms with Crippen molar-refractivity contribution in [3.05, 3.63) is 0 Å². The van der Waals surface area contributed by atoms with E-state index in [0.29, 0.717) is 25.7 Å². The molecule has 0 aromatic rings. The van der Waals surface area contributed by atoms with Crippen molar-refractivity contribution in [2.75, 3.05) is 39.6 Å². The highest BCUT2D eigenvalue weighted by Gasteiger charge is 2.31. The highest BCUT2D eigenvalue weighted by molar-refractivity contribution is 7.47. The van der Waals surface area contributed by atoms with E-state index in [9.17, 15) is 43.2 Å². The Balaban J connectivity index is 5.21. The van der Waals surface area contributed by atoms with E-state index in [0.717, 1.165) is 95.8 Å². The van der Waals surface area contributed by atoms with Gasteiger partial charge in [-0.25, -0.2) is 9.13 Å². The van der Waals surface area contributed by atoms with Gasteiger partial charge in [0.05, 0.1) is 26.4 Å². The zero-order valence-corrected chi connectivity index (χ0v) is 74.2. The fraction of sp³-hybridized carbons (Fsp3) is 0.956. The lowest BCUT2D eigenvalue weighted by Crippen LogP contribution is -2.30. The second-order valence-corrected chi connectivity index (χ2v) is 36.1. The summed E-state index contributed by atoms with van der Waals surface area (Å²) in [6.07, 6.45) is 79.3. The SMILES string of the molecule is CCCCCCCCCCCCCCCCCCCCCCCCC(=O)O[C@H](COC(=O)CCCCCCCCCCCCCCCCCCCCC(C)C)COP(=O)(O)OC[C@@H](O)COP(=O)(O)OC[C@@H](COC(=O)CCCCCCCCCCCC)OC(=O)CCCCCCCCCCCCCCCCCCC. The summed E-state index contributed by atoms with van der Waals surface area (Å²) in [4.78, 5) is 73.4. The van der Waals surface area contributed by atoms with Crippen molar-refractivity contribution in [3.63, 3.8) is 0 Å². The summed E-state index contributed by atoms with van der Waals surface area (Å²) in [6, 6.07) is 0. The van der Waals surface area contributed by atoms with Crippen LogP contribution in [0, 0.1) is 5.92 Å². The Labute approximate surface area is 677 Å². The molecule has 5 atom stereocenters. The maximum atomic E-state index is 13.2. The molecule has 0 radical (unpaired) electrons. The van der Waals surface area contributed by atoms with Gasteiger partial charge in [-0.2, -0.15) is 0 Å². The van der Waals surface area contributed by atoms with Crippen molar-refractivity contribution in [1.29, 1.82) is 0 Å². The zero-order valence-electron chi connectivity index (χ0n) is 72.4. The van der Waals surface area contributed by atoms with Gasteiger partial charge in [-0.15, -0.1) is 0 Å². The quantitative estimate of drug-likeness (QED) is 0.0222. The molecule has 19 heteroatoms. The number of phosphoric acid groups is 2. The molecule has 0 rings (SSSR count). The summed E-state index contributed by atoms with van der Waals surface area (Å²) in [6.45, 7) is 7.42. The molecule has 0 aliphatic rings. The number of rotatable bonds is 91. The van der Waals surface area contributed by atoms with E-state index in [4.69, 9.17) is 37.0 Å². The van der Waals surface area contributed by atoms with Crippen LogP contribution in [0.25, 0.3) is 0 Å². The number of carbonyl (C=O) groups is 4. The van der Waals surface area contributed by atoms with Crippen LogP contribution in [-0.2, 0) is 65.4 Å². The van der Waals surface area contributed by atoms with E-state index < -0.39 is 97.5 Å². The van der Waals surface area contributed by atoms with Gasteiger partial charge < -0.3 is 33.8 Å². The van der Waals surface area contributed by atoms with Crippen LogP contribution in [0.4, 0.5) is 0 Å². The molecule has 0 spiro atoms. The van der Waals surface area contributed by atoms with E-state index in [2.05, 4.69) is 34.6 Å². The Morgan fingerprint density at radius 1 is 0.245 bits per heavy atom. The number of unbranched alkanes of at least 4 members (excludes halogenated alkanes) is 63. The Kier molecular flexibility index (Phi) is 82.1. The Hall–Kier alpha value is -1.94. The monoisotopic (exact) mass is 1610 g/mol. The van der Waals surface area contributed by atoms with Crippen LogP contribution >= 0.6 is 15.6 Å². The molecule has 0 aliphatic heterocycles. The number of hydrogen-bond donors (Lipinski definition) is 3. The van der Waals surface area contributed by atoms with Crippen LogP contribution in [0.3, 0.4) is 0 Å². The summed E-state index contributed by atoms with van der Waals surface area (Å²) >= 11 is 0. The lowest BCUT2D eigenvalue weighted by atomic mass is 10.0. The highest BCUT2D eigenvalue weighted by Crippen LogP contribution is 2.45. The van der Waals surface area contributed by atoms with Gasteiger partial charge in [0.2, 0.25) is 0 Å². The largest absolute Gasteiger partial charge is 0.472 e. The molecule has 0 fully saturated rings. The molecule has 0 aliphatic carbocycles. The lowest BCUT2D eigenvalue weighted by molar-refractivity contribution is -0.161. The first kappa shape index (κ1) is 108. The molecule has 0 bridgehead atoms. The predicted molar refractivity (Wildman–Crippen MR) is 455 cm³/mol. The van der Waals surface area contributed by atoms with Crippen LogP contribution in [0.5, 0.6) is 0 Å². The molecule has 0 saturated heterocycles. The average molecular weight is 1610 g/mol. The minimum absolute atomic E-state index is 0.109. The Bertz CT molecular complexity index is 2080. The highest BCUT2D eigenvalue weighted by atomic mass is 31.2. The molecule has 3 N–H and O–H groups in total. The van der Waals surface area contributed by atoms with Gasteiger partial charge in [0, 0.05) is 25.7 Å². The standard InChI is InChI=1S/C91H178O17P2/c1-6-9-12-15-18-21-24-26-28-30-31-32-33-34-40-44-48-52-57-62-67-72-77-91(96)108-87(81-102-89(94)75-70-65-60-55-50-46-42-39-36-35-38-41-45-49-53-58-63-68-73-84(4)5)83-106-110(99,100)104-79-85(92)78-103-109(97,98)105-82-86(80-101-88(93)74-69-64-59-54-23-20-17-14-11-8-3)107-90(95)76-71-66-61-56-51-47-43-37-29-27-25-22-19-16-13-10-7-2/h84-87,92H,6-83H2,1-5H3,(H,97,98)(H,99,100)/t85-,86+,87+/m0/s1. The van der Waals surface area contributed by atoms with E-state index in [1.807, 2.05) is 0 Å². The van der Waals surface area contributed by atoms with Crippen molar-refractivity contribution >= 4 is 39.5 Å². The Morgan fingerprint density at radius 2 is 0.418 bits per heavy atom. The summed E-state index contributed by atoms with van der Waals surface area (Å²) in [5, 5.41) is 10.7. The van der Waals surface area contributed by atoms with Crippen molar-refractivity contribution in [2.24, 2.45) is 5.92 Å². The van der Waals surface area contributed by atoms with Crippen LogP contribution < -0.4 is 0 Å². The van der Waals surface area contributed by atoms with Gasteiger partial charge in [0.15, 0.2) is 12.2 Å². The van der Waals surface area contributed by atoms with Crippen LogP contribution in [0.1, 0.15) is 497 Å². The van der Waals surface area contributed by atoms with E-state index >= 15 is 0 Å². The first-order valence-electron chi connectivity index (χ1n) is 47.1. The van der Waals surface area contributed by atoms with E-state index in [1.54, 1.807) is 0 Å². The summed E-state index contributed by atoms with van der Waals surface area (Å²) < 4.78 is 69.0. The van der Waals surface area contributed by atoms with E-state index in [-0.39, 0.29) is 25.7 Å². The minimum Gasteiger partial charge on any atom is -0.462 e. The molecule has 0 aromatic carbocycles. The first-order chi connectivity index (χ1) is 53.5. The molecule has 0 saturated carbocycles. The summed E-state index contributed by atoms with van der Waals surface area (Å²) in [5.41, 5.74) is 0. The van der Waals surface area contributed by atoms with Gasteiger partial charge in [-0.1, -0.05) is 446 Å². The molecule has 654 valence electrons. The molecular formula is C91H178O17P2. The molecule has 0 amide bonds. The third-order valence-electron chi connectivity index (χ3n) is 21.5. The molecule has 2 unspecified atom stereocenters. The maximum absolute atomic E-state index is 13.2. The minimum atomic E-state index is -4.97. The number of ether oxygens (including phenoxy) is 4. The maximum Gasteiger partial charge on any atom is 0.472 e. The summed E-state index contributed by atoms with van der Waals surface area (Å²) in [5.74, 6) is -1.27. The third-order valence-corrected chi connectivity index (χ3v) is 23.4. The Morgan fingerprint density at radius 3 is 0.618 bits per heavy atom. The van der Waals surface area contributed by atoms with Gasteiger partial charge in [-0.05, 0) is 31.6 Å². The number of aliphatic hydroxyl groups excluding tert-OH is 1. The summed E-state index contributed by atoms with van der Waals surface area (Å²) in [7, 11) is -9.93. The number of esters is 4. The van der Waals surface area contributed by atoms with Crippen LogP contribution in [-0.4, -0.2) is 96.7 Å². The topological polar surface area (TPSA) is 237 Å². The fourth-order valence-electron chi connectivity index (χ4n) is 14.4. The zero-order chi connectivity index (χ0) is 80.4. The number of hydrogen-bond acceptors (Lipinski definition) is 15.